The summed E-state index contributed by atoms with van der Waals surface area (Å²) in [7, 11) is 0. The molecule has 6 nitrogen and oxygen atoms in total. The lowest BCUT2D eigenvalue weighted by Crippen LogP contribution is -2.12. The number of rotatable bonds is 6. The van der Waals surface area contributed by atoms with Gasteiger partial charge in [-0.1, -0.05) is 29.8 Å². The monoisotopic (exact) mass is 422 g/mol. The van der Waals surface area contributed by atoms with Crippen molar-refractivity contribution in [1.82, 2.24) is 15.0 Å². The number of nitrogens with zero attached hydrogens (tertiary/aromatic N) is 3. The number of hydrogen-bond acceptors (Lipinski definition) is 6. The molecular weight excluding hydrogens is 408 g/mol. The molecular formula is C21H15ClN4O2S. The Morgan fingerprint density at radius 3 is 2.69 bits per heavy atom. The van der Waals surface area contributed by atoms with Crippen LogP contribution in [0.1, 0.15) is 15.2 Å². The van der Waals surface area contributed by atoms with Crippen LogP contribution in [0.15, 0.2) is 73.3 Å². The molecule has 0 saturated carbocycles. The molecule has 0 aliphatic rings. The molecule has 0 aliphatic heterocycles. The first kappa shape index (κ1) is 19.0. The highest BCUT2D eigenvalue weighted by Crippen LogP contribution is 2.31. The summed E-state index contributed by atoms with van der Waals surface area (Å²) in [5, 5.41) is 4.06. The van der Waals surface area contributed by atoms with Gasteiger partial charge in [0.1, 0.15) is 16.5 Å². The van der Waals surface area contributed by atoms with Crippen LogP contribution in [0, 0.1) is 0 Å². The van der Waals surface area contributed by atoms with Crippen molar-refractivity contribution < 1.29 is 9.53 Å². The summed E-state index contributed by atoms with van der Waals surface area (Å²) in [5.41, 5.74) is 1.75. The summed E-state index contributed by atoms with van der Waals surface area (Å²) in [6.07, 6.45) is 6.52. The van der Waals surface area contributed by atoms with Crippen LogP contribution >= 0.6 is 22.9 Å². The molecule has 0 fully saturated rings. The molecule has 0 bridgehead atoms. The van der Waals surface area contributed by atoms with Gasteiger partial charge in [0.05, 0.1) is 11.2 Å². The van der Waals surface area contributed by atoms with Crippen LogP contribution < -0.4 is 10.1 Å². The predicted octanol–water partition coefficient (Wildman–Crippen LogP) is 5.08. The third-order valence-electron chi connectivity index (χ3n) is 3.98. The van der Waals surface area contributed by atoms with Gasteiger partial charge in [-0.3, -0.25) is 9.78 Å². The molecule has 1 aromatic carbocycles. The van der Waals surface area contributed by atoms with Gasteiger partial charge in [0.2, 0.25) is 0 Å². The van der Waals surface area contributed by atoms with E-state index in [-0.39, 0.29) is 5.91 Å². The molecule has 4 aromatic rings. The van der Waals surface area contributed by atoms with Crippen LogP contribution in [0.5, 0.6) is 5.75 Å². The Morgan fingerprint density at radius 1 is 1.03 bits per heavy atom. The van der Waals surface area contributed by atoms with Crippen LogP contribution in [0.25, 0.3) is 10.6 Å². The van der Waals surface area contributed by atoms with E-state index >= 15 is 0 Å². The lowest BCUT2D eigenvalue weighted by molar-refractivity contribution is 0.102. The van der Waals surface area contributed by atoms with Gasteiger partial charge >= 0.3 is 0 Å². The van der Waals surface area contributed by atoms with E-state index in [0.29, 0.717) is 33.1 Å². The predicted molar refractivity (Wildman–Crippen MR) is 113 cm³/mol. The van der Waals surface area contributed by atoms with Crippen molar-refractivity contribution in [3.63, 3.8) is 0 Å². The fourth-order valence-electron chi connectivity index (χ4n) is 2.55. The number of pyridine rings is 2. The number of amides is 1. The number of anilines is 1. The van der Waals surface area contributed by atoms with Crippen molar-refractivity contribution in [2.45, 2.75) is 6.61 Å². The van der Waals surface area contributed by atoms with E-state index in [2.05, 4.69) is 20.3 Å². The third kappa shape index (κ3) is 4.59. The molecule has 0 aliphatic carbocycles. The van der Waals surface area contributed by atoms with Crippen LogP contribution in [0.2, 0.25) is 5.02 Å². The summed E-state index contributed by atoms with van der Waals surface area (Å²) in [4.78, 5) is 25.7. The maximum Gasteiger partial charge on any atom is 0.268 e. The van der Waals surface area contributed by atoms with Gasteiger partial charge in [-0.25, -0.2) is 9.97 Å². The van der Waals surface area contributed by atoms with E-state index < -0.39 is 0 Å². The van der Waals surface area contributed by atoms with Crippen LogP contribution in [0.3, 0.4) is 0 Å². The quantitative estimate of drug-likeness (QED) is 0.468. The number of carbonyl (C=O) groups is 1. The Labute approximate surface area is 176 Å². The highest BCUT2D eigenvalue weighted by Gasteiger charge is 2.16. The average Bonchev–Trinajstić information content (AvgIpc) is 3.24. The average molecular weight is 423 g/mol. The van der Waals surface area contributed by atoms with Gasteiger partial charge in [0, 0.05) is 24.2 Å². The number of ether oxygens (including phenoxy) is 1. The number of thiazole rings is 1. The number of benzene rings is 1. The minimum Gasteiger partial charge on any atom is -0.485 e. The Hall–Kier alpha value is -3.29. The molecule has 0 atom stereocenters. The lowest BCUT2D eigenvalue weighted by Gasteiger charge is -2.10. The van der Waals surface area contributed by atoms with Gasteiger partial charge < -0.3 is 10.1 Å². The standard InChI is InChI=1S/C21H15ClN4O2S/c22-16-5-2-1-4-15(16)21-25-12-18(29-21)20(27)26-19-17(6-3-9-24-19)28-13-14-7-10-23-11-8-14/h1-12H,13H2,(H,24,26,27). The number of carbonyl (C=O) groups excluding carboxylic acids is 1. The Balaban J connectivity index is 1.48. The van der Waals surface area contributed by atoms with E-state index in [0.717, 1.165) is 11.1 Å². The Morgan fingerprint density at radius 2 is 1.86 bits per heavy atom. The van der Waals surface area contributed by atoms with Crippen molar-refractivity contribution in [3.05, 3.63) is 88.8 Å². The molecule has 0 saturated heterocycles. The van der Waals surface area contributed by atoms with Crippen molar-refractivity contribution in [2.24, 2.45) is 0 Å². The van der Waals surface area contributed by atoms with Crippen molar-refractivity contribution in [3.8, 4) is 16.3 Å². The van der Waals surface area contributed by atoms with E-state index in [1.54, 1.807) is 36.8 Å². The van der Waals surface area contributed by atoms with Crippen molar-refractivity contribution >= 4 is 34.7 Å². The normalized spacial score (nSPS) is 10.5. The SMILES string of the molecule is O=C(Nc1ncccc1OCc1ccncc1)c1cnc(-c2ccccc2Cl)s1. The van der Waals surface area contributed by atoms with Crippen LogP contribution in [0.4, 0.5) is 5.82 Å². The maximum absolute atomic E-state index is 12.7. The van der Waals surface area contributed by atoms with Gasteiger partial charge in [-0.2, -0.15) is 0 Å². The second-order valence-electron chi connectivity index (χ2n) is 5.96. The topological polar surface area (TPSA) is 77.0 Å². The first-order valence-electron chi connectivity index (χ1n) is 8.69. The van der Waals surface area contributed by atoms with Crippen molar-refractivity contribution in [2.75, 3.05) is 5.32 Å². The van der Waals surface area contributed by atoms with Gasteiger partial charge in [-0.05, 0) is 35.9 Å². The fraction of sp³-hybridized carbons (Fsp3) is 0.0476. The zero-order valence-corrected chi connectivity index (χ0v) is 16.7. The number of hydrogen-bond donors (Lipinski definition) is 1. The van der Waals surface area contributed by atoms with E-state index in [4.69, 9.17) is 16.3 Å². The van der Waals surface area contributed by atoms with E-state index in [1.807, 2.05) is 30.3 Å². The summed E-state index contributed by atoms with van der Waals surface area (Å²) in [6.45, 7) is 0.342. The second-order valence-corrected chi connectivity index (χ2v) is 7.40. The second kappa shape index (κ2) is 8.81. The number of nitrogens with one attached hydrogen (secondary N) is 1. The summed E-state index contributed by atoms with van der Waals surface area (Å²) >= 11 is 7.48. The van der Waals surface area contributed by atoms with Crippen LogP contribution in [-0.4, -0.2) is 20.9 Å². The molecule has 1 N–H and O–H groups in total. The zero-order valence-electron chi connectivity index (χ0n) is 15.1. The fourth-order valence-corrected chi connectivity index (χ4v) is 3.68. The van der Waals surface area contributed by atoms with E-state index in [1.165, 1.54) is 17.5 Å². The Kier molecular flexibility index (Phi) is 5.79. The smallest absolute Gasteiger partial charge is 0.268 e. The minimum absolute atomic E-state index is 0.312. The molecule has 3 heterocycles. The maximum atomic E-state index is 12.7. The largest absolute Gasteiger partial charge is 0.485 e. The summed E-state index contributed by atoms with van der Waals surface area (Å²) in [5.74, 6) is 0.515. The Bertz CT molecular complexity index is 1130. The highest BCUT2D eigenvalue weighted by atomic mass is 35.5. The minimum atomic E-state index is -0.312. The van der Waals surface area contributed by atoms with Gasteiger partial charge in [0.25, 0.3) is 5.91 Å². The summed E-state index contributed by atoms with van der Waals surface area (Å²) < 4.78 is 5.82. The molecule has 0 spiro atoms. The first-order chi connectivity index (χ1) is 14.2. The zero-order chi connectivity index (χ0) is 20.1. The number of halogens is 1. The molecule has 8 heteroatoms. The number of aromatic nitrogens is 3. The molecule has 1 amide bonds. The first-order valence-corrected chi connectivity index (χ1v) is 9.89. The van der Waals surface area contributed by atoms with Gasteiger partial charge in [0.15, 0.2) is 11.6 Å². The van der Waals surface area contributed by atoms with Gasteiger partial charge in [-0.15, -0.1) is 11.3 Å². The molecule has 29 heavy (non-hydrogen) atoms. The molecule has 0 radical (unpaired) electrons. The molecule has 0 unspecified atom stereocenters. The lowest BCUT2D eigenvalue weighted by atomic mass is 10.2. The molecule has 3 aromatic heterocycles. The van der Waals surface area contributed by atoms with Crippen molar-refractivity contribution in [1.29, 1.82) is 0 Å². The van der Waals surface area contributed by atoms with E-state index in [9.17, 15) is 4.79 Å². The highest BCUT2D eigenvalue weighted by molar-refractivity contribution is 7.17. The molecule has 144 valence electrons. The molecule has 4 rings (SSSR count). The van der Waals surface area contributed by atoms with Crippen LogP contribution in [-0.2, 0) is 6.61 Å². The third-order valence-corrected chi connectivity index (χ3v) is 5.34. The summed E-state index contributed by atoms with van der Waals surface area (Å²) in [6, 6.07) is 14.6.